The van der Waals surface area contributed by atoms with Gasteiger partial charge in [-0.05, 0) is 38.0 Å². The summed E-state index contributed by atoms with van der Waals surface area (Å²) in [5, 5.41) is 4.78. The van der Waals surface area contributed by atoms with Gasteiger partial charge in [0.25, 0.3) is 0 Å². The van der Waals surface area contributed by atoms with Crippen LogP contribution in [0.25, 0.3) is 22.3 Å². The van der Waals surface area contributed by atoms with Crippen LogP contribution in [0.3, 0.4) is 0 Å². The maximum Gasteiger partial charge on any atom is 0.143 e. The summed E-state index contributed by atoms with van der Waals surface area (Å²) in [6.45, 7) is 4.06. The van der Waals surface area contributed by atoms with Gasteiger partial charge in [0.2, 0.25) is 0 Å². The van der Waals surface area contributed by atoms with Crippen LogP contribution < -0.4 is 10.2 Å². The van der Waals surface area contributed by atoms with Gasteiger partial charge < -0.3 is 15.2 Å². The van der Waals surface area contributed by atoms with E-state index in [0.717, 1.165) is 46.9 Å². The Morgan fingerprint density at radius 1 is 1.08 bits per heavy atom. The Hall–Kier alpha value is -2.47. The lowest BCUT2D eigenvalue weighted by atomic mass is 10.1. The quantitative estimate of drug-likeness (QED) is 0.758. The van der Waals surface area contributed by atoms with E-state index < -0.39 is 0 Å². The Morgan fingerprint density at radius 2 is 1.92 bits per heavy atom. The molecule has 2 bridgehead atoms. The SMILES string of the molecule is Cc1cc(-c2cc3c(N4CC5CCC(C4)N5)ncnc3[nH]2)ccn1. The van der Waals surface area contributed by atoms with Crippen molar-refractivity contribution in [3.8, 4) is 11.3 Å². The Bertz CT molecular complexity index is 889. The maximum atomic E-state index is 4.61. The number of anilines is 1. The Labute approximate surface area is 140 Å². The first-order valence-electron chi connectivity index (χ1n) is 8.54. The summed E-state index contributed by atoms with van der Waals surface area (Å²) in [5.41, 5.74) is 4.11. The summed E-state index contributed by atoms with van der Waals surface area (Å²) in [4.78, 5) is 19.2. The standard InChI is InChI=1S/C18H20N6/c1-11-6-12(4-5-19-11)16-7-15-17(23-16)20-10-21-18(15)24-8-13-2-3-14(9-24)22-13/h4-7,10,13-14,22H,2-3,8-9H2,1H3,(H,20,21,23). The molecule has 2 saturated heterocycles. The smallest absolute Gasteiger partial charge is 0.143 e. The van der Waals surface area contributed by atoms with E-state index in [4.69, 9.17) is 0 Å². The maximum absolute atomic E-state index is 4.61. The van der Waals surface area contributed by atoms with Crippen molar-refractivity contribution in [2.24, 2.45) is 0 Å². The molecule has 0 radical (unpaired) electrons. The molecular formula is C18H20N6. The van der Waals surface area contributed by atoms with Crippen LogP contribution in [0.1, 0.15) is 18.5 Å². The van der Waals surface area contributed by atoms with Crippen LogP contribution in [0.4, 0.5) is 5.82 Å². The summed E-state index contributed by atoms with van der Waals surface area (Å²) < 4.78 is 0. The predicted octanol–water partition coefficient (Wildman–Crippen LogP) is 2.27. The summed E-state index contributed by atoms with van der Waals surface area (Å²) in [7, 11) is 0. The molecule has 2 N–H and O–H groups in total. The molecule has 0 aromatic carbocycles. The number of hydrogen-bond acceptors (Lipinski definition) is 5. The predicted molar refractivity (Wildman–Crippen MR) is 94.0 cm³/mol. The van der Waals surface area contributed by atoms with E-state index in [2.05, 4.69) is 42.3 Å². The van der Waals surface area contributed by atoms with Gasteiger partial charge in [-0.2, -0.15) is 0 Å². The Morgan fingerprint density at radius 3 is 2.71 bits per heavy atom. The van der Waals surface area contributed by atoms with Crippen LogP contribution in [0.5, 0.6) is 0 Å². The van der Waals surface area contributed by atoms with Crippen molar-refractivity contribution in [1.82, 2.24) is 25.3 Å². The number of aromatic amines is 1. The molecule has 6 nitrogen and oxygen atoms in total. The van der Waals surface area contributed by atoms with Gasteiger partial charge in [-0.1, -0.05) is 0 Å². The number of hydrogen-bond donors (Lipinski definition) is 2. The summed E-state index contributed by atoms with van der Waals surface area (Å²) >= 11 is 0. The summed E-state index contributed by atoms with van der Waals surface area (Å²) in [6.07, 6.45) is 6.05. The van der Waals surface area contributed by atoms with Gasteiger partial charge in [0.15, 0.2) is 0 Å². The molecule has 122 valence electrons. The lowest BCUT2D eigenvalue weighted by Gasteiger charge is -2.33. The number of piperazine rings is 1. The molecule has 3 aromatic rings. The van der Waals surface area contributed by atoms with Crippen LogP contribution in [0.2, 0.25) is 0 Å². The minimum Gasteiger partial charge on any atom is -0.353 e. The highest BCUT2D eigenvalue weighted by Gasteiger charge is 2.33. The Balaban J connectivity index is 1.58. The lowest BCUT2D eigenvalue weighted by Crippen LogP contribution is -2.51. The van der Waals surface area contributed by atoms with E-state index in [1.807, 2.05) is 19.2 Å². The molecule has 0 spiro atoms. The zero-order chi connectivity index (χ0) is 16.1. The van der Waals surface area contributed by atoms with Crippen molar-refractivity contribution < 1.29 is 0 Å². The first-order chi connectivity index (χ1) is 11.8. The topological polar surface area (TPSA) is 69.7 Å². The molecule has 6 heteroatoms. The largest absolute Gasteiger partial charge is 0.353 e. The third-order valence-corrected chi connectivity index (χ3v) is 5.13. The molecule has 2 fully saturated rings. The minimum atomic E-state index is 0.593. The average Bonchev–Trinajstić information content (AvgIpc) is 3.17. The molecule has 0 amide bonds. The monoisotopic (exact) mass is 320 g/mol. The van der Waals surface area contributed by atoms with Crippen molar-refractivity contribution in [1.29, 1.82) is 0 Å². The van der Waals surface area contributed by atoms with E-state index in [-0.39, 0.29) is 0 Å². The fourth-order valence-electron chi connectivity index (χ4n) is 4.02. The molecule has 5 heterocycles. The average molecular weight is 320 g/mol. The number of rotatable bonds is 2. The van der Waals surface area contributed by atoms with Crippen LogP contribution in [-0.2, 0) is 0 Å². The molecule has 2 unspecified atom stereocenters. The number of fused-ring (bicyclic) bond motifs is 3. The van der Waals surface area contributed by atoms with Gasteiger partial charge in [0.1, 0.15) is 17.8 Å². The Kier molecular flexibility index (Phi) is 3.06. The number of nitrogens with one attached hydrogen (secondary N) is 2. The van der Waals surface area contributed by atoms with Gasteiger partial charge in [-0.15, -0.1) is 0 Å². The number of nitrogens with zero attached hydrogens (tertiary/aromatic N) is 4. The zero-order valence-corrected chi connectivity index (χ0v) is 13.7. The minimum absolute atomic E-state index is 0.593. The van der Waals surface area contributed by atoms with Crippen LogP contribution in [0, 0.1) is 6.92 Å². The zero-order valence-electron chi connectivity index (χ0n) is 13.7. The van der Waals surface area contributed by atoms with Gasteiger partial charge in [0.05, 0.1) is 5.39 Å². The fraction of sp³-hybridized carbons (Fsp3) is 0.389. The van der Waals surface area contributed by atoms with Gasteiger partial charge in [0, 0.05) is 48.3 Å². The summed E-state index contributed by atoms with van der Waals surface area (Å²) in [5.74, 6) is 1.05. The normalized spacial score (nSPS) is 23.1. The van der Waals surface area contributed by atoms with E-state index in [1.165, 1.54) is 12.8 Å². The summed E-state index contributed by atoms with van der Waals surface area (Å²) in [6, 6.07) is 7.47. The number of aromatic nitrogens is 4. The molecule has 0 aliphatic carbocycles. The highest BCUT2D eigenvalue weighted by atomic mass is 15.3. The van der Waals surface area contributed by atoms with Gasteiger partial charge >= 0.3 is 0 Å². The van der Waals surface area contributed by atoms with Crippen LogP contribution in [-0.4, -0.2) is 45.1 Å². The van der Waals surface area contributed by atoms with Gasteiger partial charge in [-0.25, -0.2) is 9.97 Å². The second-order valence-corrected chi connectivity index (χ2v) is 6.87. The first kappa shape index (κ1) is 13.9. The number of H-pyrrole nitrogens is 1. The lowest BCUT2D eigenvalue weighted by molar-refractivity contribution is 0.464. The van der Waals surface area contributed by atoms with E-state index in [0.29, 0.717) is 12.1 Å². The molecule has 24 heavy (non-hydrogen) atoms. The van der Waals surface area contributed by atoms with E-state index in [9.17, 15) is 0 Å². The van der Waals surface area contributed by atoms with Crippen molar-refractivity contribution in [2.45, 2.75) is 31.8 Å². The molecule has 2 atom stereocenters. The van der Waals surface area contributed by atoms with Crippen molar-refractivity contribution >= 4 is 16.9 Å². The molecule has 2 aliphatic heterocycles. The third-order valence-electron chi connectivity index (χ3n) is 5.13. The van der Waals surface area contributed by atoms with Crippen molar-refractivity contribution in [3.05, 3.63) is 36.4 Å². The van der Waals surface area contributed by atoms with Crippen LogP contribution in [0.15, 0.2) is 30.7 Å². The molecule has 3 aromatic heterocycles. The van der Waals surface area contributed by atoms with E-state index in [1.54, 1.807) is 6.33 Å². The van der Waals surface area contributed by atoms with E-state index >= 15 is 0 Å². The number of pyridine rings is 1. The highest BCUT2D eigenvalue weighted by Crippen LogP contribution is 2.31. The molecule has 0 saturated carbocycles. The molecule has 5 rings (SSSR count). The highest BCUT2D eigenvalue weighted by molar-refractivity contribution is 5.92. The fourth-order valence-corrected chi connectivity index (χ4v) is 4.02. The number of aryl methyl sites for hydroxylation is 1. The molecule has 2 aliphatic rings. The van der Waals surface area contributed by atoms with Crippen molar-refractivity contribution in [2.75, 3.05) is 18.0 Å². The van der Waals surface area contributed by atoms with Crippen molar-refractivity contribution in [3.63, 3.8) is 0 Å². The molecular weight excluding hydrogens is 300 g/mol. The van der Waals surface area contributed by atoms with Crippen LogP contribution >= 0.6 is 0 Å². The van der Waals surface area contributed by atoms with Gasteiger partial charge in [-0.3, -0.25) is 4.98 Å². The second-order valence-electron chi connectivity index (χ2n) is 6.87. The first-order valence-corrected chi connectivity index (χ1v) is 8.54. The second kappa shape index (κ2) is 5.27. The third kappa shape index (κ3) is 2.26.